The maximum Gasteiger partial charge on any atom is 0.321 e. The van der Waals surface area contributed by atoms with Crippen molar-refractivity contribution >= 4 is 17.9 Å². The Bertz CT molecular complexity index is 335. The number of hydrogen-bond acceptors (Lipinski definition) is 5. The van der Waals surface area contributed by atoms with Crippen LogP contribution >= 0.6 is 0 Å². The van der Waals surface area contributed by atoms with Crippen LogP contribution in [-0.4, -0.2) is 55.4 Å². The van der Waals surface area contributed by atoms with Crippen LogP contribution in [0.15, 0.2) is 0 Å². The van der Waals surface area contributed by atoms with Gasteiger partial charge in [0.2, 0.25) is 5.91 Å². The summed E-state index contributed by atoms with van der Waals surface area (Å²) < 4.78 is 4.84. The summed E-state index contributed by atoms with van der Waals surface area (Å²) in [7, 11) is 1.50. The minimum atomic E-state index is -1.02. The van der Waals surface area contributed by atoms with E-state index in [9.17, 15) is 14.4 Å². The number of methoxy groups -OCH3 is 1. The molecule has 2 atom stereocenters. The van der Waals surface area contributed by atoms with Crippen molar-refractivity contribution in [3.05, 3.63) is 0 Å². The lowest BCUT2D eigenvalue weighted by Crippen LogP contribution is -2.49. The molecule has 0 bridgehead atoms. The van der Waals surface area contributed by atoms with Gasteiger partial charge in [-0.2, -0.15) is 0 Å². The second-order valence-electron chi connectivity index (χ2n) is 4.44. The van der Waals surface area contributed by atoms with Gasteiger partial charge in [-0.1, -0.05) is 13.3 Å². The number of amides is 3. The second-order valence-corrected chi connectivity index (χ2v) is 4.44. The second kappa shape index (κ2) is 10.2. The van der Waals surface area contributed by atoms with E-state index in [0.29, 0.717) is 19.4 Å². The number of imide groups is 1. The van der Waals surface area contributed by atoms with Gasteiger partial charge in [0.15, 0.2) is 0 Å². The number of rotatable bonds is 9. The Morgan fingerprint density at radius 1 is 1.30 bits per heavy atom. The molecule has 0 saturated heterocycles. The van der Waals surface area contributed by atoms with Crippen molar-refractivity contribution in [1.29, 1.82) is 0 Å². The number of urea groups is 1. The highest BCUT2D eigenvalue weighted by molar-refractivity contribution is 5.95. The Morgan fingerprint density at radius 3 is 2.45 bits per heavy atom. The van der Waals surface area contributed by atoms with Crippen LogP contribution in [0.25, 0.3) is 0 Å². The maximum absolute atomic E-state index is 11.5. The lowest BCUT2D eigenvalue weighted by Gasteiger charge is -2.15. The first-order valence-corrected chi connectivity index (χ1v) is 6.46. The Hall–Kier alpha value is -1.67. The third kappa shape index (κ3) is 8.44. The average molecular weight is 289 g/mol. The van der Waals surface area contributed by atoms with Gasteiger partial charge in [0, 0.05) is 7.11 Å². The number of carboxylic acid groups (broad SMARTS) is 1. The van der Waals surface area contributed by atoms with Gasteiger partial charge in [-0.3, -0.25) is 20.2 Å². The summed E-state index contributed by atoms with van der Waals surface area (Å²) in [6.07, 6.45) is 1.10. The zero-order valence-corrected chi connectivity index (χ0v) is 12.1. The zero-order valence-electron chi connectivity index (χ0n) is 12.1. The summed E-state index contributed by atoms with van der Waals surface area (Å²) in [5.41, 5.74) is 0. The molecular weight excluding hydrogens is 266 g/mol. The molecular formula is C12H23N3O5. The van der Waals surface area contributed by atoms with Crippen LogP contribution in [0.3, 0.4) is 0 Å². The maximum atomic E-state index is 11.5. The molecule has 3 amide bonds. The molecule has 0 aliphatic heterocycles. The Morgan fingerprint density at radius 2 is 1.95 bits per heavy atom. The molecule has 20 heavy (non-hydrogen) atoms. The Balaban J connectivity index is 4.03. The van der Waals surface area contributed by atoms with E-state index in [0.717, 1.165) is 0 Å². The van der Waals surface area contributed by atoms with Crippen LogP contribution in [0.1, 0.15) is 26.7 Å². The minimum absolute atomic E-state index is 0.229. The number of aliphatic carboxylic acids is 1. The van der Waals surface area contributed by atoms with Crippen molar-refractivity contribution in [2.75, 3.05) is 20.3 Å². The van der Waals surface area contributed by atoms with Gasteiger partial charge < -0.3 is 15.2 Å². The predicted octanol–water partition coefficient (Wildman–Crippen LogP) is -0.310. The summed E-state index contributed by atoms with van der Waals surface area (Å²) in [5, 5.41) is 16.1. The lowest BCUT2D eigenvalue weighted by molar-refractivity contribution is -0.139. The molecule has 0 rings (SSSR count). The first-order valence-electron chi connectivity index (χ1n) is 6.46. The molecule has 0 spiro atoms. The fraction of sp³-hybridized carbons (Fsp3) is 0.750. The van der Waals surface area contributed by atoms with Gasteiger partial charge in [-0.05, 0) is 13.3 Å². The van der Waals surface area contributed by atoms with E-state index >= 15 is 0 Å². The van der Waals surface area contributed by atoms with Crippen LogP contribution < -0.4 is 16.0 Å². The van der Waals surface area contributed by atoms with Crippen molar-refractivity contribution in [1.82, 2.24) is 16.0 Å². The van der Waals surface area contributed by atoms with E-state index in [1.807, 2.05) is 6.92 Å². The van der Waals surface area contributed by atoms with Gasteiger partial charge in [0.1, 0.15) is 6.04 Å². The molecule has 0 aliphatic carbocycles. The molecule has 0 fully saturated rings. The van der Waals surface area contributed by atoms with E-state index < -0.39 is 23.9 Å². The highest BCUT2D eigenvalue weighted by Gasteiger charge is 2.17. The van der Waals surface area contributed by atoms with Crippen molar-refractivity contribution in [2.24, 2.45) is 0 Å². The first-order chi connectivity index (χ1) is 9.40. The van der Waals surface area contributed by atoms with Gasteiger partial charge in [0.05, 0.1) is 19.2 Å². The van der Waals surface area contributed by atoms with Gasteiger partial charge >= 0.3 is 12.0 Å². The molecule has 0 heterocycles. The fourth-order valence-electron chi connectivity index (χ4n) is 1.54. The Kier molecular flexibility index (Phi) is 9.31. The summed E-state index contributed by atoms with van der Waals surface area (Å²) in [4.78, 5) is 33.7. The topological polar surface area (TPSA) is 117 Å². The third-order valence-corrected chi connectivity index (χ3v) is 2.43. The molecule has 2 unspecified atom stereocenters. The standard InChI is InChI=1S/C12H23N3O5/c1-4-5-9(11(17)18)13-6-10(16)15-12(19)14-8(2)7-20-3/h8-9,13H,4-7H2,1-3H3,(H,17,18)(H2,14,15,16,19). The summed E-state index contributed by atoms with van der Waals surface area (Å²) in [6.45, 7) is 3.68. The SMILES string of the molecule is CCCC(NCC(=O)NC(=O)NC(C)COC)C(=O)O. The summed E-state index contributed by atoms with van der Waals surface area (Å²) in [5.74, 6) is -1.60. The number of carboxylic acids is 1. The molecule has 0 saturated carbocycles. The molecule has 0 aromatic heterocycles. The Labute approximate surface area is 118 Å². The number of hydrogen-bond donors (Lipinski definition) is 4. The average Bonchev–Trinajstić information content (AvgIpc) is 2.33. The largest absolute Gasteiger partial charge is 0.480 e. The van der Waals surface area contributed by atoms with E-state index in [1.165, 1.54) is 7.11 Å². The number of nitrogens with one attached hydrogen (secondary N) is 3. The van der Waals surface area contributed by atoms with Crippen molar-refractivity contribution < 1.29 is 24.2 Å². The minimum Gasteiger partial charge on any atom is -0.480 e. The number of carbonyl (C=O) groups excluding carboxylic acids is 2. The molecule has 8 heteroatoms. The highest BCUT2D eigenvalue weighted by atomic mass is 16.5. The van der Waals surface area contributed by atoms with E-state index in [-0.39, 0.29) is 12.6 Å². The lowest BCUT2D eigenvalue weighted by atomic mass is 10.2. The van der Waals surface area contributed by atoms with Crippen molar-refractivity contribution in [3.63, 3.8) is 0 Å². The fourth-order valence-corrected chi connectivity index (χ4v) is 1.54. The van der Waals surface area contributed by atoms with Crippen LogP contribution in [0.5, 0.6) is 0 Å². The summed E-state index contributed by atoms with van der Waals surface area (Å²) in [6, 6.07) is -1.66. The van der Waals surface area contributed by atoms with Crippen LogP contribution in [0, 0.1) is 0 Å². The molecule has 0 aromatic rings. The number of carbonyl (C=O) groups is 3. The molecule has 0 aromatic carbocycles. The van der Waals surface area contributed by atoms with Gasteiger partial charge in [-0.15, -0.1) is 0 Å². The third-order valence-electron chi connectivity index (χ3n) is 2.43. The van der Waals surface area contributed by atoms with Crippen LogP contribution in [-0.2, 0) is 14.3 Å². The quantitative estimate of drug-likeness (QED) is 0.462. The zero-order chi connectivity index (χ0) is 15.5. The first kappa shape index (κ1) is 18.3. The highest BCUT2D eigenvalue weighted by Crippen LogP contribution is 1.95. The van der Waals surface area contributed by atoms with Gasteiger partial charge in [-0.25, -0.2) is 4.79 Å². The van der Waals surface area contributed by atoms with Crippen molar-refractivity contribution in [3.8, 4) is 0 Å². The predicted molar refractivity (Wildman–Crippen MR) is 72.3 cm³/mol. The van der Waals surface area contributed by atoms with Crippen LogP contribution in [0.2, 0.25) is 0 Å². The van der Waals surface area contributed by atoms with E-state index in [2.05, 4.69) is 16.0 Å². The monoisotopic (exact) mass is 289 g/mol. The number of ether oxygens (including phenoxy) is 1. The normalized spacial score (nSPS) is 13.3. The van der Waals surface area contributed by atoms with Crippen molar-refractivity contribution in [2.45, 2.75) is 38.8 Å². The van der Waals surface area contributed by atoms with Crippen LogP contribution in [0.4, 0.5) is 4.79 Å². The molecule has 0 aliphatic rings. The molecule has 8 nitrogen and oxygen atoms in total. The van der Waals surface area contributed by atoms with Gasteiger partial charge in [0.25, 0.3) is 0 Å². The molecule has 116 valence electrons. The van der Waals surface area contributed by atoms with E-state index in [1.54, 1.807) is 6.92 Å². The smallest absolute Gasteiger partial charge is 0.321 e. The molecule has 4 N–H and O–H groups in total. The van der Waals surface area contributed by atoms with E-state index in [4.69, 9.17) is 9.84 Å². The summed E-state index contributed by atoms with van der Waals surface area (Å²) >= 11 is 0. The molecule has 0 radical (unpaired) electrons.